The molecule has 0 aliphatic carbocycles. The summed E-state index contributed by atoms with van der Waals surface area (Å²) < 4.78 is 0. The zero-order chi connectivity index (χ0) is 10.8. The summed E-state index contributed by atoms with van der Waals surface area (Å²) in [6.07, 6.45) is 1.43. The molecule has 80 valence electrons. The van der Waals surface area contributed by atoms with Crippen molar-refractivity contribution in [3.8, 4) is 0 Å². The van der Waals surface area contributed by atoms with Crippen molar-refractivity contribution in [1.82, 2.24) is 15.4 Å². The van der Waals surface area contributed by atoms with E-state index in [1.807, 2.05) is 19.9 Å². The summed E-state index contributed by atoms with van der Waals surface area (Å²) in [6.45, 7) is 4.61. The first kappa shape index (κ1) is 9.89. The van der Waals surface area contributed by atoms with Gasteiger partial charge >= 0.3 is 0 Å². The number of rotatable bonds is 1. The standard InChI is InChI=1S/C10H14N4O/c1-7-6-8(2)12-10(11-7)14-5-3-4-9(15)13-14/h6H,3-5H2,1-2H3,(H,13,15). The van der Waals surface area contributed by atoms with Crippen LogP contribution in [0.25, 0.3) is 0 Å². The number of anilines is 1. The molecule has 0 spiro atoms. The summed E-state index contributed by atoms with van der Waals surface area (Å²) in [5.74, 6) is 0.615. The van der Waals surface area contributed by atoms with Crippen molar-refractivity contribution in [1.29, 1.82) is 0 Å². The van der Waals surface area contributed by atoms with Crippen LogP contribution in [-0.2, 0) is 4.79 Å². The largest absolute Gasteiger partial charge is 0.273 e. The number of nitrogens with zero attached hydrogens (tertiary/aromatic N) is 3. The minimum absolute atomic E-state index is 0.0315. The van der Waals surface area contributed by atoms with Gasteiger partial charge in [0.25, 0.3) is 0 Å². The monoisotopic (exact) mass is 206 g/mol. The summed E-state index contributed by atoms with van der Waals surface area (Å²) in [5, 5.41) is 1.71. The Kier molecular flexibility index (Phi) is 2.53. The lowest BCUT2D eigenvalue weighted by atomic mass is 10.2. The van der Waals surface area contributed by atoms with E-state index in [4.69, 9.17) is 0 Å². The molecule has 1 amide bonds. The topological polar surface area (TPSA) is 58.1 Å². The van der Waals surface area contributed by atoms with Gasteiger partial charge in [-0.3, -0.25) is 15.2 Å². The summed E-state index contributed by atoms with van der Waals surface area (Å²) in [6, 6.07) is 1.91. The number of amides is 1. The number of hydrazine groups is 1. The lowest BCUT2D eigenvalue weighted by molar-refractivity contribution is -0.122. The molecule has 0 aromatic carbocycles. The average Bonchev–Trinajstić information content (AvgIpc) is 2.16. The van der Waals surface area contributed by atoms with Crippen LogP contribution in [0.1, 0.15) is 24.2 Å². The van der Waals surface area contributed by atoms with Crippen molar-refractivity contribution < 1.29 is 4.79 Å². The summed E-state index contributed by atoms with van der Waals surface area (Å²) in [4.78, 5) is 19.8. The number of aromatic nitrogens is 2. The lowest BCUT2D eigenvalue weighted by Gasteiger charge is -2.27. The molecular formula is C10H14N4O. The molecule has 2 heterocycles. The Bertz CT molecular complexity index is 371. The zero-order valence-electron chi connectivity index (χ0n) is 8.95. The summed E-state index contributed by atoms with van der Waals surface area (Å²) in [7, 11) is 0. The van der Waals surface area contributed by atoms with Gasteiger partial charge in [0.05, 0.1) is 0 Å². The van der Waals surface area contributed by atoms with E-state index in [2.05, 4.69) is 15.4 Å². The van der Waals surface area contributed by atoms with Crippen LogP contribution in [0.5, 0.6) is 0 Å². The molecule has 0 radical (unpaired) electrons. The van der Waals surface area contributed by atoms with Crippen molar-refractivity contribution in [2.45, 2.75) is 26.7 Å². The maximum Gasteiger partial charge on any atom is 0.244 e. The third kappa shape index (κ3) is 2.23. The van der Waals surface area contributed by atoms with Gasteiger partial charge in [0.15, 0.2) is 0 Å². The molecule has 0 atom stereocenters. The lowest BCUT2D eigenvalue weighted by Crippen LogP contribution is -2.47. The fraction of sp³-hybridized carbons (Fsp3) is 0.500. The van der Waals surface area contributed by atoms with Crippen molar-refractivity contribution in [2.24, 2.45) is 0 Å². The highest BCUT2D eigenvalue weighted by atomic mass is 16.2. The third-order valence-electron chi connectivity index (χ3n) is 2.26. The first-order valence-electron chi connectivity index (χ1n) is 5.04. The van der Waals surface area contributed by atoms with E-state index in [-0.39, 0.29) is 5.91 Å². The predicted molar refractivity (Wildman–Crippen MR) is 56.2 cm³/mol. The molecule has 0 saturated carbocycles. The number of hydrogen-bond donors (Lipinski definition) is 1. The minimum atomic E-state index is 0.0315. The molecule has 2 rings (SSSR count). The first-order chi connectivity index (χ1) is 7.15. The Hall–Kier alpha value is -1.65. The van der Waals surface area contributed by atoms with Gasteiger partial charge in [-0.1, -0.05) is 0 Å². The van der Waals surface area contributed by atoms with Gasteiger partial charge in [-0.15, -0.1) is 0 Å². The van der Waals surface area contributed by atoms with Gasteiger partial charge in [-0.25, -0.2) is 9.97 Å². The van der Waals surface area contributed by atoms with E-state index in [9.17, 15) is 4.79 Å². The maximum absolute atomic E-state index is 11.2. The Morgan fingerprint density at radius 3 is 2.60 bits per heavy atom. The van der Waals surface area contributed by atoms with Gasteiger partial charge in [-0.2, -0.15) is 0 Å². The van der Waals surface area contributed by atoms with E-state index in [0.717, 1.165) is 24.4 Å². The molecule has 0 bridgehead atoms. The Balaban J connectivity index is 2.24. The predicted octanol–water partition coefficient (Wildman–Crippen LogP) is 0.725. The van der Waals surface area contributed by atoms with E-state index >= 15 is 0 Å². The molecule has 1 saturated heterocycles. The fourth-order valence-electron chi connectivity index (χ4n) is 1.64. The highest BCUT2D eigenvalue weighted by Gasteiger charge is 2.18. The molecule has 1 fully saturated rings. The second-order valence-electron chi connectivity index (χ2n) is 3.74. The van der Waals surface area contributed by atoms with Crippen LogP contribution in [0.3, 0.4) is 0 Å². The highest BCUT2D eigenvalue weighted by molar-refractivity contribution is 5.78. The number of nitrogens with one attached hydrogen (secondary N) is 1. The van der Waals surface area contributed by atoms with Crippen molar-refractivity contribution in [2.75, 3.05) is 11.6 Å². The van der Waals surface area contributed by atoms with Gasteiger partial charge in [0.2, 0.25) is 11.9 Å². The van der Waals surface area contributed by atoms with Crippen LogP contribution in [0.4, 0.5) is 5.95 Å². The van der Waals surface area contributed by atoms with Crippen LogP contribution >= 0.6 is 0 Å². The SMILES string of the molecule is Cc1cc(C)nc(N2CCCC(=O)N2)n1. The number of carbonyl (C=O) groups is 1. The molecule has 0 unspecified atom stereocenters. The molecule has 1 aromatic rings. The van der Waals surface area contributed by atoms with Crippen molar-refractivity contribution in [3.63, 3.8) is 0 Å². The molecule has 15 heavy (non-hydrogen) atoms. The van der Waals surface area contributed by atoms with Crippen molar-refractivity contribution >= 4 is 11.9 Å². The number of carbonyl (C=O) groups excluding carboxylic acids is 1. The van der Waals surface area contributed by atoms with E-state index in [1.54, 1.807) is 5.01 Å². The molecule has 1 aromatic heterocycles. The van der Waals surface area contributed by atoms with E-state index in [0.29, 0.717) is 12.4 Å². The number of hydrogen-bond acceptors (Lipinski definition) is 4. The fourth-order valence-corrected chi connectivity index (χ4v) is 1.64. The molecule has 1 N–H and O–H groups in total. The molecule has 5 nitrogen and oxygen atoms in total. The molecular weight excluding hydrogens is 192 g/mol. The average molecular weight is 206 g/mol. The Labute approximate surface area is 88.5 Å². The molecule has 1 aliphatic heterocycles. The Morgan fingerprint density at radius 2 is 2.00 bits per heavy atom. The second kappa shape index (κ2) is 3.84. The zero-order valence-corrected chi connectivity index (χ0v) is 8.95. The van der Waals surface area contributed by atoms with E-state index in [1.165, 1.54) is 0 Å². The second-order valence-corrected chi connectivity index (χ2v) is 3.74. The third-order valence-corrected chi connectivity index (χ3v) is 2.26. The summed E-state index contributed by atoms with van der Waals surface area (Å²) in [5.41, 5.74) is 4.58. The van der Waals surface area contributed by atoms with Gasteiger partial charge in [0.1, 0.15) is 0 Å². The minimum Gasteiger partial charge on any atom is -0.273 e. The van der Waals surface area contributed by atoms with Crippen molar-refractivity contribution in [3.05, 3.63) is 17.5 Å². The number of aryl methyl sites for hydroxylation is 2. The van der Waals surface area contributed by atoms with Crippen LogP contribution in [0.15, 0.2) is 6.07 Å². The molecule has 5 heteroatoms. The van der Waals surface area contributed by atoms with E-state index < -0.39 is 0 Å². The van der Waals surface area contributed by atoms with Crippen LogP contribution in [0, 0.1) is 13.8 Å². The molecule has 1 aliphatic rings. The van der Waals surface area contributed by atoms with Gasteiger partial charge in [-0.05, 0) is 26.3 Å². The summed E-state index contributed by atoms with van der Waals surface area (Å²) >= 11 is 0. The van der Waals surface area contributed by atoms with Gasteiger partial charge < -0.3 is 0 Å². The Morgan fingerprint density at radius 1 is 1.33 bits per heavy atom. The maximum atomic E-state index is 11.2. The quantitative estimate of drug-likeness (QED) is 0.735. The van der Waals surface area contributed by atoms with Gasteiger partial charge in [0, 0.05) is 24.4 Å². The van der Waals surface area contributed by atoms with Crippen LogP contribution in [0.2, 0.25) is 0 Å². The highest BCUT2D eigenvalue weighted by Crippen LogP contribution is 2.11. The first-order valence-corrected chi connectivity index (χ1v) is 5.04. The smallest absolute Gasteiger partial charge is 0.244 e. The normalized spacial score (nSPS) is 16.4. The van der Waals surface area contributed by atoms with Crippen LogP contribution in [-0.4, -0.2) is 22.4 Å². The van der Waals surface area contributed by atoms with Crippen LogP contribution < -0.4 is 10.4 Å².